The number of alkyl halides is 2. The highest BCUT2D eigenvalue weighted by Gasteiger charge is 2.35. The van der Waals surface area contributed by atoms with Crippen LogP contribution in [0.4, 0.5) is 8.78 Å². The lowest BCUT2D eigenvalue weighted by atomic mass is 9.84. The first-order valence-electron chi connectivity index (χ1n) is 10.4. The van der Waals surface area contributed by atoms with E-state index in [0.29, 0.717) is 12.3 Å². The van der Waals surface area contributed by atoms with Crippen molar-refractivity contribution in [3.05, 3.63) is 52.8 Å². The topological polar surface area (TPSA) is 13.6 Å². The summed E-state index contributed by atoms with van der Waals surface area (Å²) in [5.74, 6) is -1.82. The summed E-state index contributed by atoms with van der Waals surface area (Å²) in [5, 5.41) is 0.745. The lowest BCUT2D eigenvalue weighted by Crippen LogP contribution is -2.25. The third-order valence-corrected chi connectivity index (χ3v) is 6.58. The van der Waals surface area contributed by atoms with Crippen molar-refractivity contribution in [1.82, 2.24) is 4.40 Å². The molecule has 1 saturated carbocycles. The molecule has 0 amide bonds. The van der Waals surface area contributed by atoms with E-state index in [2.05, 4.69) is 35.7 Å². The van der Waals surface area contributed by atoms with Crippen LogP contribution in [-0.4, -0.2) is 23.5 Å². The van der Waals surface area contributed by atoms with E-state index in [4.69, 9.17) is 16.3 Å². The van der Waals surface area contributed by atoms with Crippen LogP contribution in [0.1, 0.15) is 68.5 Å². The van der Waals surface area contributed by atoms with Gasteiger partial charge < -0.3 is 9.14 Å². The minimum Gasteiger partial charge on any atom is -0.381 e. The molecule has 1 aliphatic carbocycles. The Kier molecular flexibility index (Phi) is 5.80. The molecule has 3 heterocycles. The molecule has 2 aromatic rings. The SMILES string of the molecule is CC(/C=C/CC1CCCC(F)(F)C1)c1cc(C2CCOC2)n2cccc(Cl)c12. The molecule has 4 rings (SSSR count). The van der Waals surface area contributed by atoms with Crippen molar-refractivity contribution >= 4 is 17.1 Å². The number of fused-ring (bicyclic) bond motifs is 1. The minimum absolute atomic E-state index is 0.0263. The fourth-order valence-corrected chi connectivity index (χ4v) is 5.03. The molecular weight excluding hydrogens is 380 g/mol. The van der Waals surface area contributed by atoms with E-state index in [1.165, 1.54) is 11.3 Å². The average Bonchev–Trinajstić information content (AvgIpc) is 3.29. The van der Waals surface area contributed by atoms with Crippen LogP contribution >= 0.6 is 11.6 Å². The van der Waals surface area contributed by atoms with Crippen molar-refractivity contribution in [2.75, 3.05) is 13.2 Å². The lowest BCUT2D eigenvalue weighted by molar-refractivity contribution is -0.0518. The van der Waals surface area contributed by atoms with E-state index in [9.17, 15) is 8.78 Å². The number of allylic oxidation sites excluding steroid dienone is 2. The van der Waals surface area contributed by atoms with E-state index in [0.717, 1.165) is 43.0 Å². The van der Waals surface area contributed by atoms with Gasteiger partial charge >= 0.3 is 0 Å². The van der Waals surface area contributed by atoms with Gasteiger partial charge in [-0.1, -0.05) is 30.7 Å². The van der Waals surface area contributed by atoms with Crippen LogP contribution in [0.25, 0.3) is 5.52 Å². The second-order valence-electron chi connectivity index (χ2n) is 8.43. The highest BCUT2D eigenvalue weighted by Crippen LogP contribution is 2.39. The first kappa shape index (κ1) is 19.9. The van der Waals surface area contributed by atoms with Crippen molar-refractivity contribution in [2.45, 2.75) is 63.2 Å². The van der Waals surface area contributed by atoms with Crippen LogP contribution < -0.4 is 0 Å². The summed E-state index contributed by atoms with van der Waals surface area (Å²) < 4.78 is 35.0. The van der Waals surface area contributed by atoms with Crippen LogP contribution in [0.5, 0.6) is 0 Å². The third kappa shape index (κ3) is 4.13. The monoisotopic (exact) mass is 407 g/mol. The Morgan fingerprint density at radius 2 is 2.25 bits per heavy atom. The van der Waals surface area contributed by atoms with Gasteiger partial charge in [0.2, 0.25) is 5.92 Å². The van der Waals surface area contributed by atoms with Gasteiger partial charge in [0.25, 0.3) is 0 Å². The van der Waals surface area contributed by atoms with Crippen LogP contribution in [0.15, 0.2) is 36.5 Å². The Bertz CT molecular complexity index is 854. The smallest absolute Gasteiger partial charge is 0.248 e. The molecule has 3 unspecified atom stereocenters. The van der Waals surface area contributed by atoms with E-state index in [1.807, 2.05) is 12.1 Å². The Balaban J connectivity index is 1.54. The van der Waals surface area contributed by atoms with E-state index < -0.39 is 5.92 Å². The summed E-state index contributed by atoms with van der Waals surface area (Å²) in [4.78, 5) is 0. The lowest BCUT2D eigenvalue weighted by Gasteiger charge is -2.28. The predicted molar refractivity (Wildman–Crippen MR) is 110 cm³/mol. The number of hydrogen-bond acceptors (Lipinski definition) is 1. The number of nitrogens with zero attached hydrogens (tertiary/aromatic N) is 1. The second-order valence-corrected chi connectivity index (χ2v) is 8.84. The molecule has 1 saturated heterocycles. The average molecular weight is 408 g/mol. The van der Waals surface area contributed by atoms with Crippen molar-refractivity contribution < 1.29 is 13.5 Å². The molecule has 0 radical (unpaired) electrons. The maximum Gasteiger partial charge on any atom is 0.248 e. The molecule has 0 spiro atoms. The van der Waals surface area contributed by atoms with Gasteiger partial charge in [0.15, 0.2) is 0 Å². The zero-order valence-corrected chi connectivity index (χ0v) is 17.1. The number of halogens is 3. The molecular formula is C23H28ClF2NO. The first-order chi connectivity index (χ1) is 13.4. The summed E-state index contributed by atoms with van der Waals surface area (Å²) in [6, 6.07) is 6.16. The molecule has 2 aliphatic rings. The summed E-state index contributed by atoms with van der Waals surface area (Å²) in [5.41, 5.74) is 3.49. The van der Waals surface area contributed by atoms with Gasteiger partial charge in [-0.3, -0.25) is 0 Å². The molecule has 0 bridgehead atoms. The second kappa shape index (κ2) is 8.16. The largest absolute Gasteiger partial charge is 0.381 e. The molecule has 5 heteroatoms. The van der Waals surface area contributed by atoms with Gasteiger partial charge in [-0.25, -0.2) is 8.78 Å². The van der Waals surface area contributed by atoms with Crippen molar-refractivity contribution in [1.29, 1.82) is 0 Å². The van der Waals surface area contributed by atoms with Crippen LogP contribution in [0.3, 0.4) is 0 Å². The zero-order chi connectivity index (χ0) is 19.7. The van der Waals surface area contributed by atoms with Crippen LogP contribution in [0, 0.1) is 5.92 Å². The van der Waals surface area contributed by atoms with Crippen LogP contribution in [0.2, 0.25) is 5.02 Å². The molecule has 0 N–H and O–H groups in total. The van der Waals surface area contributed by atoms with Crippen LogP contribution in [-0.2, 0) is 4.74 Å². The maximum absolute atomic E-state index is 13.6. The Morgan fingerprint density at radius 1 is 1.39 bits per heavy atom. The normalized spacial score (nSPS) is 26.3. The fourth-order valence-electron chi connectivity index (χ4n) is 4.76. The highest BCUT2D eigenvalue weighted by atomic mass is 35.5. The molecule has 3 atom stereocenters. The van der Waals surface area contributed by atoms with Gasteiger partial charge in [-0.05, 0) is 55.4 Å². The molecule has 2 fully saturated rings. The number of pyridine rings is 1. The number of ether oxygens (including phenoxy) is 1. The number of aromatic nitrogens is 1. The predicted octanol–water partition coefficient (Wildman–Crippen LogP) is 6.97. The minimum atomic E-state index is -2.48. The summed E-state index contributed by atoms with van der Waals surface area (Å²) >= 11 is 6.55. The van der Waals surface area contributed by atoms with Crippen molar-refractivity contribution in [3.63, 3.8) is 0 Å². The molecule has 1 aliphatic heterocycles. The summed E-state index contributed by atoms with van der Waals surface area (Å²) in [6.45, 7) is 3.70. The standard InChI is InChI=1S/C23H28ClF2NO/c1-16(5-2-6-17-7-3-10-23(25,26)14-17)19-13-21(18-9-12-28-15-18)27-11-4-8-20(24)22(19)27/h2,4-5,8,11,13,16-18H,3,6-7,9-10,12,14-15H2,1H3/b5-2+. The highest BCUT2D eigenvalue weighted by molar-refractivity contribution is 6.34. The quantitative estimate of drug-likeness (QED) is 0.488. The number of hydrogen-bond donors (Lipinski definition) is 0. The van der Waals surface area contributed by atoms with E-state index in [1.54, 1.807) is 0 Å². The molecule has 2 aromatic heterocycles. The van der Waals surface area contributed by atoms with Gasteiger partial charge in [-0.15, -0.1) is 0 Å². The van der Waals surface area contributed by atoms with Gasteiger partial charge in [-0.2, -0.15) is 0 Å². The van der Waals surface area contributed by atoms with Gasteiger partial charge in [0.1, 0.15) is 0 Å². The molecule has 0 aromatic carbocycles. The van der Waals surface area contributed by atoms with Crippen molar-refractivity contribution in [3.8, 4) is 0 Å². The Labute approximate surface area is 170 Å². The number of rotatable bonds is 5. The van der Waals surface area contributed by atoms with E-state index >= 15 is 0 Å². The Morgan fingerprint density at radius 3 is 3.00 bits per heavy atom. The van der Waals surface area contributed by atoms with Gasteiger partial charge in [0, 0.05) is 43.2 Å². The third-order valence-electron chi connectivity index (χ3n) is 6.27. The molecule has 28 heavy (non-hydrogen) atoms. The fraction of sp³-hybridized carbons (Fsp3) is 0.565. The van der Waals surface area contributed by atoms with E-state index in [-0.39, 0.29) is 24.7 Å². The zero-order valence-electron chi connectivity index (χ0n) is 16.3. The summed E-state index contributed by atoms with van der Waals surface area (Å²) in [6.07, 6.45) is 9.68. The van der Waals surface area contributed by atoms with Crippen molar-refractivity contribution in [2.24, 2.45) is 5.92 Å². The van der Waals surface area contributed by atoms with Gasteiger partial charge in [0.05, 0.1) is 17.1 Å². The summed E-state index contributed by atoms with van der Waals surface area (Å²) in [7, 11) is 0. The molecule has 152 valence electrons. The first-order valence-corrected chi connectivity index (χ1v) is 10.7. The maximum atomic E-state index is 13.6. The molecule has 2 nitrogen and oxygen atoms in total. The Hall–Kier alpha value is -1.39.